The number of aliphatic imine (C=N–C) groups is 1. The molecular weight excluding hydrogens is 248 g/mol. The van der Waals surface area contributed by atoms with Gasteiger partial charge in [0.1, 0.15) is 0 Å². The molecule has 0 radical (unpaired) electrons. The molecule has 2 aliphatic rings. The lowest BCUT2D eigenvalue weighted by Gasteiger charge is -2.30. The Hall–Kier alpha value is -0.770. The van der Waals surface area contributed by atoms with Gasteiger partial charge in [0.2, 0.25) is 0 Å². The van der Waals surface area contributed by atoms with E-state index >= 15 is 0 Å². The topological polar surface area (TPSA) is 39.7 Å². The summed E-state index contributed by atoms with van der Waals surface area (Å²) in [6.45, 7) is 8.38. The fourth-order valence-electron chi connectivity index (χ4n) is 2.94. The monoisotopic (exact) mass is 280 g/mol. The molecule has 1 atom stereocenters. The molecule has 4 heteroatoms. The molecule has 0 spiro atoms. The Labute approximate surface area is 124 Å². The summed E-state index contributed by atoms with van der Waals surface area (Å²) in [4.78, 5) is 6.90. The van der Waals surface area contributed by atoms with Gasteiger partial charge in [-0.1, -0.05) is 6.92 Å². The third kappa shape index (κ3) is 6.12. The zero-order valence-corrected chi connectivity index (χ0v) is 13.3. The number of hydrogen-bond donors (Lipinski definition) is 2. The smallest absolute Gasteiger partial charge is 0.190 e. The van der Waals surface area contributed by atoms with E-state index in [2.05, 4.69) is 27.4 Å². The van der Waals surface area contributed by atoms with Crippen molar-refractivity contribution in [1.82, 2.24) is 15.5 Å². The molecule has 1 aliphatic carbocycles. The first-order valence-electron chi connectivity index (χ1n) is 8.45. The zero-order valence-electron chi connectivity index (χ0n) is 13.3. The van der Waals surface area contributed by atoms with Gasteiger partial charge in [0.25, 0.3) is 0 Å². The largest absolute Gasteiger partial charge is 0.356 e. The number of nitrogens with zero attached hydrogens (tertiary/aromatic N) is 2. The van der Waals surface area contributed by atoms with Crippen LogP contribution in [-0.2, 0) is 0 Å². The zero-order chi connectivity index (χ0) is 14.2. The lowest BCUT2D eigenvalue weighted by Crippen LogP contribution is -2.39. The second-order valence-corrected chi connectivity index (χ2v) is 6.58. The summed E-state index contributed by atoms with van der Waals surface area (Å²) in [5.74, 6) is 2.77. The number of rotatable bonds is 7. The summed E-state index contributed by atoms with van der Waals surface area (Å²) < 4.78 is 0. The van der Waals surface area contributed by atoms with Crippen LogP contribution in [0.2, 0.25) is 0 Å². The first kappa shape index (κ1) is 15.6. The molecule has 1 saturated heterocycles. The van der Waals surface area contributed by atoms with Crippen LogP contribution >= 0.6 is 0 Å². The van der Waals surface area contributed by atoms with E-state index in [-0.39, 0.29) is 0 Å². The normalized spacial score (nSPS) is 24.7. The lowest BCUT2D eigenvalue weighted by atomic mass is 10.0. The van der Waals surface area contributed by atoms with Gasteiger partial charge in [-0.3, -0.25) is 4.99 Å². The van der Waals surface area contributed by atoms with E-state index in [1.165, 1.54) is 58.2 Å². The van der Waals surface area contributed by atoms with E-state index in [0.717, 1.165) is 30.9 Å². The van der Waals surface area contributed by atoms with Gasteiger partial charge >= 0.3 is 0 Å². The molecule has 1 aliphatic heterocycles. The summed E-state index contributed by atoms with van der Waals surface area (Å²) >= 11 is 0. The molecular formula is C16H32N4. The van der Waals surface area contributed by atoms with Crippen LogP contribution in [0.5, 0.6) is 0 Å². The number of hydrogen-bond acceptors (Lipinski definition) is 2. The molecule has 0 aromatic carbocycles. The Morgan fingerprint density at radius 1 is 1.20 bits per heavy atom. The first-order valence-corrected chi connectivity index (χ1v) is 8.45. The second kappa shape index (κ2) is 8.50. The molecule has 0 amide bonds. The Bertz CT molecular complexity index is 299. The van der Waals surface area contributed by atoms with Crippen LogP contribution in [0.25, 0.3) is 0 Å². The molecule has 0 aromatic heterocycles. The molecule has 116 valence electrons. The van der Waals surface area contributed by atoms with Gasteiger partial charge in [-0.15, -0.1) is 0 Å². The summed E-state index contributed by atoms with van der Waals surface area (Å²) in [7, 11) is 1.86. The lowest BCUT2D eigenvalue weighted by molar-refractivity contribution is 0.181. The van der Waals surface area contributed by atoms with Crippen molar-refractivity contribution in [3.05, 3.63) is 0 Å². The van der Waals surface area contributed by atoms with Crippen molar-refractivity contribution in [2.24, 2.45) is 16.8 Å². The number of piperidine rings is 1. The fraction of sp³-hybridized carbons (Fsp3) is 0.938. The van der Waals surface area contributed by atoms with E-state index in [1.54, 1.807) is 0 Å². The van der Waals surface area contributed by atoms with Gasteiger partial charge in [0.15, 0.2) is 5.96 Å². The van der Waals surface area contributed by atoms with Crippen molar-refractivity contribution in [3.8, 4) is 0 Å². The van der Waals surface area contributed by atoms with Crippen LogP contribution in [-0.4, -0.2) is 50.6 Å². The molecule has 4 nitrogen and oxygen atoms in total. The van der Waals surface area contributed by atoms with E-state index in [4.69, 9.17) is 0 Å². The minimum Gasteiger partial charge on any atom is -0.356 e. The van der Waals surface area contributed by atoms with Crippen molar-refractivity contribution in [1.29, 1.82) is 0 Å². The summed E-state index contributed by atoms with van der Waals surface area (Å²) in [6, 6.07) is 0. The summed E-state index contributed by atoms with van der Waals surface area (Å²) in [5.41, 5.74) is 0. The Balaban J connectivity index is 1.47. The molecule has 20 heavy (non-hydrogen) atoms. The fourth-order valence-corrected chi connectivity index (χ4v) is 2.94. The van der Waals surface area contributed by atoms with Gasteiger partial charge in [-0.2, -0.15) is 0 Å². The number of guanidine groups is 1. The predicted octanol–water partition coefficient (Wildman–Crippen LogP) is 2.07. The highest BCUT2D eigenvalue weighted by atomic mass is 15.2. The maximum atomic E-state index is 4.27. The minimum atomic E-state index is 0.896. The van der Waals surface area contributed by atoms with Gasteiger partial charge in [0.05, 0.1) is 0 Å². The minimum absolute atomic E-state index is 0.896. The highest BCUT2D eigenvalue weighted by molar-refractivity contribution is 5.79. The first-order chi connectivity index (χ1) is 9.78. The molecule has 2 fully saturated rings. The Morgan fingerprint density at radius 3 is 2.75 bits per heavy atom. The third-order valence-corrected chi connectivity index (χ3v) is 4.41. The van der Waals surface area contributed by atoms with Crippen molar-refractivity contribution in [3.63, 3.8) is 0 Å². The summed E-state index contributed by atoms with van der Waals surface area (Å²) in [5, 5.41) is 6.83. The summed E-state index contributed by atoms with van der Waals surface area (Å²) in [6.07, 6.45) is 8.10. The molecule has 0 bridgehead atoms. The van der Waals surface area contributed by atoms with Gasteiger partial charge in [-0.05, 0) is 63.5 Å². The predicted molar refractivity (Wildman–Crippen MR) is 86.2 cm³/mol. The van der Waals surface area contributed by atoms with Gasteiger partial charge < -0.3 is 15.5 Å². The molecule has 1 unspecified atom stereocenters. The maximum absolute atomic E-state index is 4.27. The van der Waals surface area contributed by atoms with E-state index in [0.29, 0.717) is 0 Å². The highest BCUT2D eigenvalue weighted by Gasteiger charge is 2.21. The van der Waals surface area contributed by atoms with Crippen LogP contribution in [0.4, 0.5) is 0 Å². The second-order valence-electron chi connectivity index (χ2n) is 6.58. The van der Waals surface area contributed by atoms with Crippen molar-refractivity contribution < 1.29 is 0 Å². The average molecular weight is 280 g/mol. The molecule has 2 rings (SSSR count). The average Bonchev–Trinajstić information content (AvgIpc) is 3.26. The van der Waals surface area contributed by atoms with Gasteiger partial charge in [0, 0.05) is 26.7 Å². The standard InChI is InChI=1S/C16H32N4/c1-14-6-5-11-20(13-14)10-4-3-9-18-16(17-2)19-12-15-7-8-15/h14-15H,3-13H2,1-2H3,(H2,17,18,19). The van der Waals surface area contributed by atoms with Crippen molar-refractivity contribution >= 4 is 5.96 Å². The quantitative estimate of drug-likeness (QED) is 0.426. The maximum Gasteiger partial charge on any atom is 0.190 e. The number of likely N-dealkylation sites (tertiary alicyclic amines) is 1. The van der Waals surface area contributed by atoms with Crippen LogP contribution in [0.1, 0.15) is 45.4 Å². The van der Waals surface area contributed by atoms with Crippen LogP contribution in [0.15, 0.2) is 4.99 Å². The van der Waals surface area contributed by atoms with Crippen LogP contribution in [0.3, 0.4) is 0 Å². The van der Waals surface area contributed by atoms with Crippen LogP contribution < -0.4 is 10.6 Å². The number of nitrogens with one attached hydrogen (secondary N) is 2. The third-order valence-electron chi connectivity index (χ3n) is 4.41. The van der Waals surface area contributed by atoms with E-state index in [9.17, 15) is 0 Å². The Morgan fingerprint density at radius 2 is 2.05 bits per heavy atom. The van der Waals surface area contributed by atoms with Crippen molar-refractivity contribution in [2.75, 3.05) is 39.8 Å². The number of unbranched alkanes of at least 4 members (excludes halogenated alkanes) is 1. The Kier molecular flexibility index (Phi) is 6.64. The van der Waals surface area contributed by atoms with Gasteiger partial charge in [-0.25, -0.2) is 0 Å². The molecule has 1 saturated carbocycles. The highest BCUT2D eigenvalue weighted by Crippen LogP contribution is 2.27. The van der Waals surface area contributed by atoms with Crippen molar-refractivity contribution in [2.45, 2.75) is 45.4 Å². The molecule has 1 heterocycles. The molecule has 0 aromatic rings. The SMILES string of the molecule is CN=C(NCCCCN1CCCC(C)C1)NCC1CC1. The molecule has 2 N–H and O–H groups in total. The van der Waals surface area contributed by atoms with E-state index in [1.807, 2.05) is 7.05 Å². The van der Waals surface area contributed by atoms with E-state index < -0.39 is 0 Å². The van der Waals surface area contributed by atoms with Crippen LogP contribution in [0, 0.1) is 11.8 Å².